The minimum absolute atomic E-state index is 0.277. The van der Waals surface area contributed by atoms with Gasteiger partial charge in [-0.1, -0.05) is 26.0 Å². The summed E-state index contributed by atoms with van der Waals surface area (Å²) in [6, 6.07) is 5.50. The van der Waals surface area contributed by atoms with Crippen molar-refractivity contribution in [1.82, 2.24) is 15.1 Å². The van der Waals surface area contributed by atoms with Crippen LogP contribution in [0.4, 0.5) is 13.2 Å². The second-order valence-electron chi connectivity index (χ2n) is 7.27. The van der Waals surface area contributed by atoms with Crippen molar-refractivity contribution < 1.29 is 13.2 Å². The minimum atomic E-state index is -4.33. The van der Waals surface area contributed by atoms with E-state index in [1.807, 2.05) is 0 Å². The number of hydrogen-bond acceptors (Lipinski definition) is 2. The highest BCUT2D eigenvalue weighted by Crippen LogP contribution is 2.36. The summed E-state index contributed by atoms with van der Waals surface area (Å²) < 4.78 is 39.0. The van der Waals surface area contributed by atoms with E-state index in [1.54, 1.807) is 12.3 Å². The largest absolute Gasteiger partial charge is 0.416 e. The molecule has 2 heterocycles. The van der Waals surface area contributed by atoms with Gasteiger partial charge >= 0.3 is 6.18 Å². The summed E-state index contributed by atoms with van der Waals surface area (Å²) in [5, 5.41) is 7.17. The molecular formula is C19H24F3N3. The number of benzene rings is 1. The van der Waals surface area contributed by atoms with Crippen molar-refractivity contribution in [3.05, 3.63) is 41.7 Å². The molecule has 3 nitrogen and oxygen atoms in total. The quantitative estimate of drug-likeness (QED) is 0.847. The highest BCUT2D eigenvalue weighted by atomic mass is 19.4. The molecule has 0 spiro atoms. The number of halogens is 3. The summed E-state index contributed by atoms with van der Waals surface area (Å²) in [6.07, 6.45) is -0.563. The second-order valence-corrected chi connectivity index (χ2v) is 7.27. The fraction of sp³-hybridized carbons (Fsp3) is 0.526. The number of nitrogens with zero attached hydrogens (tertiary/aromatic N) is 2. The number of alkyl halides is 3. The molecule has 1 atom stereocenters. The van der Waals surface area contributed by atoms with E-state index in [2.05, 4.69) is 28.9 Å². The first-order valence-corrected chi connectivity index (χ1v) is 8.78. The molecule has 1 fully saturated rings. The Morgan fingerprint density at radius 3 is 2.84 bits per heavy atom. The number of rotatable bonds is 4. The van der Waals surface area contributed by atoms with Crippen LogP contribution >= 0.6 is 0 Å². The lowest BCUT2D eigenvalue weighted by Crippen LogP contribution is -2.37. The van der Waals surface area contributed by atoms with Crippen LogP contribution in [0.2, 0.25) is 0 Å². The Bertz CT molecular complexity index is 706. The zero-order chi connectivity index (χ0) is 18.0. The molecule has 1 saturated heterocycles. The summed E-state index contributed by atoms with van der Waals surface area (Å²) in [5.41, 5.74) is 1.68. The van der Waals surface area contributed by atoms with Gasteiger partial charge in [-0.25, -0.2) is 0 Å². The van der Waals surface area contributed by atoms with Crippen LogP contribution in [0.25, 0.3) is 11.1 Å². The lowest BCUT2D eigenvalue weighted by Gasteiger charge is -2.33. The van der Waals surface area contributed by atoms with E-state index in [0.717, 1.165) is 49.8 Å². The molecule has 6 heteroatoms. The Morgan fingerprint density at radius 1 is 1.32 bits per heavy atom. The molecule has 0 unspecified atom stereocenters. The van der Waals surface area contributed by atoms with Gasteiger partial charge in [0.15, 0.2) is 0 Å². The van der Waals surface area contributed by atoms with E-state index in [0.29, 0.717) is 11.5 Å². The van der Waals surface area contributed by atoms with Crippen LogP contribution in [0.15, 0.2) is 30.5 Å². The van der Waals surface area contributed by atoms with E-state index in [4.69, 9.17) is 0 Å². The second kappa shape index (κ2) is 7.20. The fourth-order valence-corrected chi connectivity index (χ4v) is 3.67. The highest BCUT2D eigenvalue weighted by molar-refractivity contribution is 5.66. The van der Waals surface area contributed by atoms with Crippen LogP contribution in [0.5, 0.6) is 0 Å². The fourth-order valence-electron chi connectivity index (χ4n) is 3.67. The summed E-state index contributed by atoms with van der Waals surface area (Å²) in [6.45, 7) is 7.46. The molecule has 0 saturated carbocycles. The van der Waals surface area contributed by atoms with Crippen molar-refractivity contribution in [3.63, 3.8) is 0 Å². The molecular weight excluding hydrogens is 327 g/mol. The third kappa shape index (κ3) is 4.24. The normalized spacial score (nSPS) is 19.5. The number of piperidine rings is 1. The number of nitrogens with one attached hydrogen (secondary N) is 1. The van der Waals surface area contributed by atoms with Crippen LogP contribution < -0.4 is 0 Å². The maximum atomic E-state index is 13.0. The average Bonchev–Trinajstić information content (AvgIpc) is 3.03. The third-order valence-corrected chi connectivity index (χ3v) is 4.71. The monoisotopic (exact) mass is 351 g/mol. The highest BCUT2D eigenvalue weighted by Gasteiger charge is 2.31. The van der Waals surface area contributed by atoms with Gasteiger partial charge in [0.1, 0.15) is 0 Å². The van der Waals surface area contributed by atoms with Gasteiger partial charge in [0, 0.05) is 30.3 Å². The lowest BCUT2D eigenvalue weighted by molar-refractivity contribution is -0.137. The number of aromatic nitrogens is 2. The molecule has 1 aliphatic heterocycles. The Balaban J connectivity index is 1.86. The Morgan fingerprint density at radius 2 is 2.12 bits per heavy atom. The Labute approximate surface area is 146 Å². The Kier molecular flexibility index (Phi) is 5.18. The van der Waals surface area contributed by atoms with Crippen molar-refractivity contribution in [2.75, 3.05) is 19.6 Å². The molecule has 0 radical (unpaired) electrons. The predicted octanol–water partition coefficient (Wildman–Crippen LogP) is 4.93. The molecule has 0 bridgehead atoms. The van der Waals surface area contributed by atoms with E-state index in [1.165, 1.54) is 12.1 Å². The van der Waals surface area contributed by atoms with Crippen LogP contribution in [-0.2, 0) is 6.18 Å². The van der Waals surface area contributed by atoms with Gasteiger partial charge in [-0.2, -0.15) is 18.3 Å². The minimum Gasteiger partial charge on any atom is -0.302 e. The first-order chi connectivity index (χ1) is 11.8. The van der Waals surface area contributed by atoms with Gasteiger partial charge in [0.05, 0.1) is 11.8 Å². The van der Waals surface area contributed by atoms with Gasteiger partial charge in [-0.3, -0.25) is 5.10 Å². The molecule has 1 aliphatic rings. The smallest absolute Gasteiger partial charge is 0.302 e. The molecule has 1 aromatic heterocycles. The van der Waals surface area contributed by atoms with E-state index < -0.39 is 11.7 Å². The van der Waals surface area contributed by atoms with Crippen molar-refractivity contribution >= 4 is 0 Å². The first-order valence-electron chi connectivity index (χ1n) is 8.78. The van der Waals surface area contributed by atoms with Crippen molar-refractivity contribution in [1.29, 1.82) is 0 Å². The molecule has 1 aromatic carbocycles. The molecule has 2 aromatic rings. The standard InChI is InChI=1S/C19H24F3N3/c1-13(2)11-25-8-4-6-15(12-25)18-17(10-23-24-18)14-5-3-7-16(9-14)19(20,21)22/h3,5,7,9-10,13,15H,4,6,8,11-12H2,1-2H3,(H,23,24)/t15-/m1/s1. The van der Waals surface area contributed by atoms with Crippen molar-refractivity contribution in [2.24, 2.45) is 5.92 Å². The molecule has 1 N–H and O–H groups in total. The van der Waals surface area contributed by atoms with Gasteiger partial charge in [0.25, 0.3) is 0 Å². The van der Waals surface area contributed by atoms with E-state index in [-0.39, 0.29) is 5.92 Å². The van der Waals surface area contributed by atoms with Crippen LogP contribution in [-0.4, -0.2) is 34.7 Å². The Hall–Kier alpha value is -1.82. The predicted molar refractivity (Wildman–Crippen MR) is 92.3 cm³/mol. The summed E-state index contributed by atoms with van der Waals surface area (Å²) in [7, 11) is 0. The van der Waals surface area contributed by atoms with E-state index >= 15 is 0 Å². The van der Waals surface area contributed by atoms with Crippen molar-refractivity contribution in [2.45, 2.75) is 38.8 Å². The number of hydrogen-bond donors (Lipinski definition) is 1. The van der Waals surface area contributed by atoms with Crippen LogP contribution in [0.1, 0.15) is 43.9 Å². The van der Waals surface area contributed by atoms with Crippen LogP contribution in [0, 0.1) is 5.92 Å². The SMILES string of the molecule is CC(C)CN1CCC[C@@H](c2[nH]ncc2-c2cccc(C(F)(F)F)c2)C1. The number of aromatic amines is 1. The molecule has 3 rings (SSSR count). The van der Waals surface area contributed by atoms with Crippen LogP contribution in [0.3, 0.4) is 0 Å². The summed E-state index contributed by atoms with van der Waals surface area (Å²) in [4.78, 5) is 2.44. The van der Waals surface area contributed by atoms with Gasteiger partial charge in [-0.15, -0.1) is 0 Å². The third-order valence-electron chi connectivity index (χ3n) is 4.71. The zero-order valence-electron chi connectivity index (χ0n) is 14.6. The van der Waals surface area contributed by atoms with E-state index in [9.17, 15) is 13.2 Å². The number of likely N-dealkylation sites (tertiary alicyclic amines) is 1. The van der Waals surface area contributed by atoms with Crippen molar-refractivity contribution in [3.8, 4) is 11.1 Å². The average molecular weight is 351 g/mol. The maximum absolute atomic E-state index is 13.0. The maximum Gasteiger partial charge on any atom is 0.416 e. The number of H-pyrrole nitrogens is 1. The summed E-state index contributed by atoms with van der Waals surface area (Å²) >= 11 is 0. The zero-order valence-corrected chi connectivity index (χ0v) is 14.6. The molecule has 0 aliphatic carbocycles. The molecule has 0 amide bonds. The van der Waals surface area contributed by atoms with Gasteiger partial charge in [-0.05, 0) is 43.0 Å². The van der Waals surface area contributed by atoms with Gasteiger partial charge < -0.3 is 4.90 Å². The molecule has 25 heavy (non-hydrogen) atoms. The molecule has 136 valence electrons. The topological polar surface area (TPSA) is 31.9 Å². The summed E-state index contributed by atoms with van der Waals surface area (Å²) in [5.74, 6) is 0.878. The first kappa shape index (κ1) is 18.0. The van der Waals surface area contributed by atoms with Gasteiger partial charge in [0.2, 0.25) is 0 Å². The lowest BCUT2D eigenvalue weighted by atomic mass is 9.90.